The van der Waals surface area contributed by atoms with E-state index in [4.69, 9.17) is 9.84 Å². The Morgan fingerprint density at radius 2 is 1.94 bits per heavy atom. The topological polar surface area (TPSA) is 66.8 Å². The first-order valence-corrected chi connectivity index (χ1v) is 6.08. The number of carboxylic acids is 1. The third-order valence-electron chi connectivity index (χ3n) is 2.32. The van der Waals surface area contributed by atoms with E-state index in [9.17, 15) is 9.59 Å². The Bertz CT molecular complexity index is 241. The molecule has 0 heterocycles. The molecule has 5 heteroatoms. The van der Waals surface area contributed by atoms with Gasteiger partial charge in [0, 0.05) is 26.1 Å². The van der Waals surface area contributed by atoms with Crippen LogP contribution >= 0.6 is 0 Å². The fourth-order valence-electron chi connectivity index (χ4n) is 1.39. The van der Waals surface area contributed by atoms with Crippen molar-refractivity contribution >= 4 is 11.9 Å². The van der Waals surface area contributed by atoms with Crippen LogP contribution in [0.5, 0.6) is 0 Å². The Balaban J connectivity index is 3.80. The quantitative estimate of drug-likeness (QED) is 0.625. The predicted octanol–water partition coefficient (Wildman–Crippen LogP) is 1.51. The summed E-state index contributed by atoms with van der Waals surface area (Å²) in [5.41, 5.74) is 0. The maximum absolute atomic E-state index is 11.7. The van der Waals surface area contributed by atoms with Gasteiger partial charge < -0.3 is 14.7 Å². The van der Waals surface area contributed by atoms with Gasteiger partial charge in [0.1, 0.15) is 0 Å². The third-order valence-corrected chi connectivity index (χ3v) is 2.32. The zero-order valence-corrected chi connectivity index (χ0v) is 10.9. The smallest absolute Gasteiger partial charge is 0.305 e. The van der Waals surface area contributed by atoms with Crippen molar-refractivity contribution in [3.63, 3.8) is 0 Å². The zero-order chi connectivity index (χ0) is 13.3. The van der Waals surface area contributed by atoms with Gasteiger partial charge in [-0.25, -0.2) is 0 Å². The molecule has 0 rings (SSSR count). The molecule has 0 aromatic rings. The van der Waals surface area contributed by atoms with E-state index in [2.05, 4.69) is 0 Å². The molecule has 0 saturated heterocycles. The van der Waals surface area contributed by atoms with Crippen LogP contribution in [0.3, 0.4) is 0 Å². The largest absolute Gasteiger partial charge is 0.481 e. The van der Waals surface area contributed by atoms with Crippen LogP contribution in [0.1, 0.15) is 40.0 Å². The van der Waals surface area contributed by atoms with Crippen molar-refractivity contribution in [2.24, 2.45) is 0 Å². The molecule has 100 valence electrons. The molecule has 0 unspecified atom stereocenters. The van der Waals surface area contributed by atoms with Crippen molar-refractivity contribution in [3.05, 3.63) is 0 Å². The zero-order valence-electron chi connectivity index (χ0n) is 10.9. The molecular formula is C12H23NO4. The summed E-state index contributed by atoms with van der Waals surface area (Å²) in [5, 5.41) is 8.56. The molecule has 0 aromatic carbocycles. The van der Waals surface area contributed by atoms with Crippen LogP contribution < -0.4 is 0 Å². The number of carboxylic acid groups (broad SMARTS) is 1. The lowest BCUT2D eigenvalue weighted by atomic mass is 10.2. The fourth-order valence-corrected chi connectivity index (χ4v) is 1.39. The summed E-state index contributed by atoms with van der Waals surface area (Å²) in [5.74, 6) is -0.875. The van der Waals surface area contributed by atoms with Crippen molar-refractivity contribution in [2.75, 3.05) is 19.7 Å². The summed E-state index contributed by atoms with van der Waals surface area (Å²) in [7, 11) is 0. The maximum Gasteiger partial charge on any atom is 0.305 e. The average molecular weight is 245 g/mol. The summed E-state index contributed by atoms with van der Waals surface area (Å²) < 4.78 is 5.34. The highest BCUT2D eigenvalue weighted by molar-refractivity contribution is 5.77. The van der Waals surface area contributed by atoms with Gasteiger partial charge in [-0.3, -0.25) is 9.59 Å². The first-order chi connectivity index (χ1) is 7.97. The number of nitrogens with zero attached hydrogens (tertiary/aromatic N) is 1. The lowest BCUT2D eigenvalue weighted by Crippen LogP contribution is -2.32. The van der Waals surface area contributed by atoms with Crippen LogP contribution in [-0.2, 0) is 14.3 Å². The molecule has 0 aliphatic rings. The summed E-state index contributed by atoms with van der Waals surface area (Å²) in [6, 6.07) is 0. The minimum absolute atomic E-state index is 0.00102. The molecule has 0 radical (unpaired) electrons. The minimum Gasteiger partial charge on any atom is -0.481 e. The normalized spacial score (nSPS) is 10.6. The Kier molecular flexibility index (Phi) is 8.40. The van der Waals surface area contributed by atoms with E-state index in [1.54, 1.807) is 4.90 Å². The van der Waals surface area contributed by atoms with Gasteiger partial charge in [0.15, 0.2) is 0 Å². The number of carbonyl (C=O) groups is 2. The molecule has 0 aliphatic heterocycles. The Morgan fingerprint density at radius 1 is 1.29 bits per heavy atom. The molecule has 0 spiro atoms. The van der Waals surface area contributed by atoms with Crippen LogP contribution in [0.2, 0.25) is 0 Å². The standard InChI is InChI=1S/C12H23NO4/c1-4-13(8-7-12(15)16)11(14)6-5-9-17-10(2)3/h10H,4-9H2,1-3H3,(H,15,16). The van der Waals surface area contributed by atoms with Crippen molar-refractivity contribution in [1.29, 1.82) is 0 Å². The van der Waals surface area contributed by atoms with Gasteiger partial charge in [0.05, 0.1) is 12.5 Å². The number of ether oxygens (including phenoxy) is 1. The highest BCUT2D eigenvalue weighted by Crippen LogP contribution is 2.01. The van der Waals surface area contributed by atoms with Gasteiger partial charge in [0.2, 0.25) is 5.91 Å². The van der Waals surface area contributed by atoms with Gasteiger partial charge in [-0.05, 0) is 27.2 Å². The Labute approximate surface area is 103 Å². The molecule has 0 atom stereocenters. The summed E-state index contributed by atoms with van der Waals surface area (Å²) in [6.45, 7) is 7.16. The van der Waals surface area contributed by atoms with E-state index in [0.717, 1.165) is 0 Å². The molecule has 17 heavy (non-hydrogen) atoms. The van der Waals surface area contributed by atoms with Gasteiger partial charge in [-0.1, -0.05) is 0 Å². The van der Waals surface area contributed by atoms with E-state index in [0.29, 0.717) is 26.0 Å². The van der Waals surface area contributed by atoms with Gasteiger partial charge >= 0.3 is 5.97 Å². The number of hydrogen-bond acceptors (Lipinski definition) is 3. The van der Waals surface area contributed by atoms with E-state index >= 15 is 0 Å². The van der Waals surface area contributed by atoms with E-state index in [1.165, 1.54) is 0 Å². The first kappa shape index (κ1) is 15.9. The second-order valence-electron chi connectivity index (χ2n) is 4.14. The molecule has 0 bridgehead atoms. The van der Waals surface area contributed by atoms with Crippen LogP contribution in [0.25, 0.3) is 0 Å². The SMILES string of the molecule is CCN(CCC(=O)O)C(=O)CCCOC(C)C. The molecule has 1 amide bonds. The van der Waals surface area contributed by atoms with Crippen molar-refractivity contribution in [1.82, 2.24) is 4.90 Å². The van der Waals surface area contributed by atoms with Gasteiger partial charge in [-0.2, -0.15) is 0 Å². The van der Waals surface area contributed by atoms with Crippen LogP contribution in [-0.4, -0.2) is 47.7 Å². The monoisotopic (exact) mass is 245 g/mol. The van der Waals surface area contributed by atoms with Crippen molar-refractivity contribution < 1.29 is 19.4 Å². The highest BCUT2D eigenvalue weighted by Gasteiger charge is 2.12. The average Bonchev–Trinajstić information content (AvgIpc) is 2.24. The Hall–Kier alpha value is -1.10. The lowest BCUT2D eigenvalue weighted by Gasteiger charge is -2.20. The third kappa shape index (κ3) is 8.68. The molecule has 0 aliphatic carbocycles. The van der Waals surface area contributed by atoms with Crippen LogP contribution in [0.4, 0.5) is 0 Å². The molecule has 0 aromatic heterocycles. The first-order valence-electron chi connectivity index (χ1n) is 6.08. The molecule has 0 fully saturated rings. The van der Waals surface area contributed by atoms with Gasteiger partial charge in [0.25, 0.3) is 0 Å². The van der Waals surface area contributed by atoms with E-state index in [1.807, 2.05) is 20.8 Å². The van der Waals surface area contributed by atoms with Crippen molar-refractivity contribution in [3.8, 4) is 0 Å². The summed E-state index contributed by atoms with van der Waals surface area (Å²) in [6.07, 6.45) is 1.28. The predicted molar refractivity (Wildman–Crippen MR) is 64.8 cm³/mol. The lowest BCUT2D eigenvalue weighted by molar-refractivity contribution is -0.138. The fraction of sp³-hybridized carbons (Fsp3) is 0.833. The van der Waals surface area contributed by atoms with Crippen LogP contribution in [0, 0.1) is 0 Å². The van der Waals surface area contributed by atoms with Crippen LogP contribution in [0.15, 0.2) is 0 Å². The maximum atomic E-state index is 11.7. The second-order valence-corrected chi connectivity index (χ2v) is 4.14. The number of amides is 1. The highest BCUT2D eigenvalue weighted by atomic mass is 16.5. The Morgan fingerprint density at radius 3 is 2.41 bits per heavy atom. The molecule has 0 saturated carbocycles. The summed E-state index contributed by atoms with van der Waals surface area (Å²) in [4.78, 5) is 23.7. The summed E-state index contributed by atoms with van der Waals surface area (Å²) >= 11 is 0. The number of rotatable bonds is 9. The van der Waals surface area contributed by atoms with Crippen molar-refractivity contribution in [2.45, 2.75) is 46.1 Å². The van der Waals surface area contributed by atoms with Gasteiger partial charge in [-0.15, -0.1) is 0 Å². The minimum atomic E-state index is -0.876. The molecule has 5 nitrogen and oxygen atoms in total. The number of carbonyl (C=O) groups excluding carboxylic acids is 1. The van der Waals surface area contributed by atoms with E-state index < -0.39 is 5.97 Å². The van der Waals surface area contributed by atoms with E-state index in [-0.39, 0.29) is 25.0 Å². The second kappa shape index (κ2) is 8.98. The number of hydrogen-bond donors (Lipinski definition) is 1. The molecule has 1 N–H and O–H groups in total. The number of aliphatic carboxylic acids is 1. The molecular weight excluding hydrogens is 222 g/mol.